The van der Waals surface area contributed by atoms with Crippen molar-refractivity contribution in [1.29, 1.82) is 0 Å². The molecule has 2 N–H and O–H groups in total. The molecule has 1 aliphatic heterocycles. The molecular formula is C27H28BrN3O4. The van der Waals surface area contributed by atoms with Crippen LogP contribution in [0.2, 0.25) is 0 Å². The average Bonchev–Trinajstić information content (AvgIpc) is 3.28. The summed E-state index contributed by atoms with van der Waals surface area (Å²) >= 11 is 3.43. The number of hydrogen-bond acceptors (Lipinski definition) is 5. The Morgan fingerprint density at radius 3 is 2.46 bits per heavy atom. The highest BCUT2D eigenvalue weighted by atomic mass is 79.9. The van der Waals surface area contributed by atoms with Crippen LogP contribution >= 0.6 is 15.9 Å². The summed E-state index contributed by atoms with van der Waals surface area (Å²) in [4.78, 5) is 27.1. The summed E-state index contributed by atoms with van der Waals surface area (Å²) in [6.07, 6.45) is 1.10. The first-order chi connectivity index (χ1) is 17.0. The van der Waals surface area contributed by atoms with Gasteiger partial charge < -0.3 is 14.4 Å². The van der Waals surface area contributed by atoms with Gasteiger partial charge in [0.2, 0.25) is 11.8 Å². The minimum Gasteiger partial charge on any atom is -0.493 e. The number of methoxy groups -OCH3 is 1. The number of amides is 2. The van der Waals surface area contributed by atoms with Gasteiger partial charge in [-0.3, -0.25) is 20.4 Å². The molecule has 182 valence electrons. The molecule has 0 radical (unpaired) electrons. The predicted octanol–water partition coefficient (Wildman–Crippen LogP) is 5.10. The lowest BCUT2D eigenvalue weighted by Gasteiger charge is -2.19. The van der Waals surface area contributed by atoms with Gasteiger partial charge in [0.25, 0.3) is 0 Å². The molecule has 1 atom stereocenters. The number of rotatable bonds is 9. The third-order valence-electron chi connectivity index (χ3n) is 5.97. The molecule has 0 bridgehead atoms. The predicted molar refractivity (Wildman–Crippen MR) is 140 cm³/mol. The highest BCUT2D eigenvalue weighted by Crippen LogP contribution is 2.35. The fourth-order valence-electron chi connectivity index (χ4n) is 3.94. The zero-order valence-corrected chi connectivity index (χ0v) is 21.3. The number of halogens is 1. The van der Waals surface area contributed by atoms with Crippen molar-refractivity contribution in [2.45, 2.75) is 26.4 Å². The molecule has 1 aliphatic rings. The molecular weight excluding hydrogens is 510 g/mol. The van der Waals surface area contributed by atoms with Crippen LogP contribution in [0.25, 0.3) is 0 Å². The Labute approximate surface area is 213 Å². The average molecular weight is 538 g/mol. The summed E-state index contributed by atoms with van der Waals surface area (Å²) in [6, 6.07) is 21.1. The van der Waals surface area contributed by atoms with Gasteiger partial charge in [-0.15, -0.1) is 0 Å². The van der Waals surface area contributed by atoms with Gasteiger partial charge in [-0.25, -0.2) is 0 Å². The Morgan fingerprint density at radius 2 is 1.77 bits per heavy atom. The van der Waals surface area contributed by atoms with Crippen molar-refractivity contribution >= 4 is 39.1 Å². The summed E-state index contributed by atoms with van der Waals surface area (Å²) in [7, 11) is 1.57. The van der Waals surface area contributed by atoms with Crippen LogP contribution in [-0.2, 0) is 22.6 Å². The van der Waals surface area contributed by atoms with Crippen molar-refractivity contribution in [3.05, 3.63) is 82.3 Å². The normalized spacial score (nSPS) is 15.1. The third-order valence-corrected chi connectivity index (χ3v) is 6.50. The molecule has 4 rings (SSSR count). The Hall–Kier alpha value is -3.52. The first-order valence-corrected chi connectivity index (χ1v) is 12.3. The van der Waals surface area contributed by atoms with Crippen LogP contribution in [0.15, 0.2) is 71.2 Å². The van der Waals surface area contributed by atoms with Gasteiger partial charge in [-0.05, 0) is 53.9 Å². The fourth-order valence-corrected chi connectivity index (χ4v) is 4.20. The lowest BCUT2D eigenvalue weighted by atomic mass is 10.1. The maximum Gasteiger partial charge on any atom is 0.243 e. The molecule has 0 saturated carbocycles. The Morgan fingerprint density at radius 1 is 1.06 bits per heavy atom. The number of carbonyl (C=O) groups excluding carboxylic acids is 2. The number of hydrazine groups is 1. The molecule has 7 nitrogen and oxygen atoms in total. The number of nitrogens with zero attached hydrogens (tertiary/aromatic N) is 1. The van der Waals surface area contributed by atoms with E-state index >= 15 is 0 Å². The highest BCUT2D eigenvalue weighted by Gasteiger charge is 2.35. The zero-order valence-electron chi connectivity index (χ0n) is 19.7. The number of aryl methyl sites for hydroxylation is 1. The smallest absolute Gasteiger partial charge is 0.243 e. The van der Waals surface area contributed by atoms with E-state index < -0.39 is 5.92 Å². The maximum absolute atomic E-state index is 12.9. The third kappa shape index (κ3) is 5.95. The number of ether oxygens (including phenoxy) is 2. The van der Waals surface area contributed by atoms with E-state index in [0.29, 0.717) is 30.3 Å². The molecule has 3 aromatic carbocycles. The number of nitrogens with one attached hydrogen (secondary N) is 2. The van der Waals surface area contributed by atoms with E-state index in [2.05, 4.69) is 33.7 Å². The SMILES string of the molecule is CCc1ccc(N2C[C@H](C(=O)NNc3cccc(OC)c3OCc3ccc(Br)cc3)CC2=O)cc1. The quantitative estimate of drug-likeness (QED) is 0.371. The summed E-state index contributed by atoms with van der Waals surface area (Å²) in [5.74, 6) is 0.248. The lowest BCUT2D eigenvalue weighted by Crippen LogP contribution is -2.36. The summed E-state index contributed by atoms with van der Waals surface area (Å²) in [5, 5.41) is 0. The molecule has 0 aromatic heterocycles. The van der Waals surface area contributed by atoms with Gasteiger partial charge >= 0.3 is 0 Å². The molecule has 2 amide bonds. The number of benzene rings is 3. The zero-order chi connectivity index (χ0) is 24.8. The number of anilines is 2. The number of carbonyl (C=O) groups is 2. The topological polar surface area (TPSA) is 79.9 Å². The summed E-state index contributed by atoms with van der Waals surface area (Å²) < 4.78 is 12.5. The molecule has 0 aliphatic carbocycles. The van der Waals surface area contributed by atoms with Crippen LogP contribution in [-0.4, -0.2) is 25.5 Å². The molecule has 1 heterocycles. The van der Waals surface area contributed by atoms with Crippen LogP contribution in [0.4, 0.5) is 11.4 Å². The number of hydrogen-bond donors (Lipinski definition) is 2. The second-order valence-corrected chi connectivity index (χ2v) is 9.21. The molecule has 35 heavy (non-hydrogen) atoms. The van der Waals surface area contributed by atoms with Gasteiger partial charge in [0.15, 0.2) is 11.5 Å². The van der Waals surface area contributed by atoms with E-state index in [-0.39, 0.29) is 18.2 Å². The first kappa shape index (κ1) is 24.6. The molecule has 0 unspecified atom stereocenters. The standard InChI is InChI=1S/C27H28BrN3O4/c1-3-18-9-13-22(14-10-18)31-16-20(15-25(31)32)27(33)30-29-23-5-4-6-24(34-2)26(23)35-17-19-7-11-21(28)12-8-19/h4-14,20,29H,3,15-17H2,1-2H3,(H,30,33)/t20-/m1/s1. The van der Waals surface area contributed by atoms with E-state index in [1.54, 1.807) is 30.2 Å². The first-order valence-electron chi connectivity index (χ1n) is 11.5. The van der Waals surface area contributed by atoms with Gasteiger partial charge in [-0.2, -0.15) is 0 Å². The van der Waals surface area contributed by atoms with Crippen molar-refractivity contribution in [2.24, 2.45) is 5.92 Å². The second-order valence-electron chi connectivity index (χ2n) is 8.29. The Bertz CT molecular complexity index is 1180. The van der Waals surface area contributed by atoms with Crippen LogP contribution in [0, 0.1) is 5.92 Å². The van der Waals surface area contributed by atoms with E-state index in [9.17, 15) is 9.59 Å². The molecule has 0 spiro atoms. The van der Waals surface area contributed by atoms with Crippen molar-refractivity contribution in [3.63, 3.8) is 0 Å². The van der Waals surface area contributed by atoms with Crippen molar-refractivity contribution < 1.29 is 19.1 Å². The highest BCUT2D eigenvalue weighted by molar-refractivity contribution is 9.10. The van der Waals surface area contributed by atoms with E-state index in [1.807, 2.05) is 48.5 Å². The maximum atomic E-state index is 12.9. The van der Waals surface area contributed by atoms with Crippen LogP contribution in [0.1, 0.15) is 24.5 Å². The second kappa shape index (κ2) is 11.3. The Kier molecular flexibility index (Phi) is 7.92. The number of para-hydroxylation sites is 1. The molecule has 8 heteroatoms. The summed E-state index contributed by atoms with van der Waals surface area (Å²) in [6.45, 7) is 2.75. The van der Waals surface area contributed by atoms with Gasteiger partial charge in [0, 0.05) is 23.1 Å². The van der Waals surface area contributed by atoms with Crippen molar-refractivity contribution in [1.82, 2.24) is 5.43 Å². The van der Waals surface area contributed by atoms with Gasteiger partial charge in [0.05, 0.1) is 18.7 Å². The minimum atomic E-state index is -0.460. The Balaban J connectivity index is 1.40. The van der Waals surface area contributed by atoms with Crippen molar-refractivity contribution in [2.75, 3.05) is 24.0 Å². The van der Waals surface area contributed by atoms with Crippen LogP contribution < -0.4 is 25.2 Å². The monoisotopic (exact) mass is 537 g/mol. The van der Waals surface area contributed by atoms with Gasteiger partial charge in [0.1, 0.15) is 6.61 Å². The van der Waals surface area contributed by atoms with E-state index in [0.717, 1.165) is 22.1 Å². The molecule has 3 aromatic rings. The molecule has 1 saturated heterocycles. The molecule has 1 fully saturated rings. The fraction of sp³-hybridized carbons (Fsp3) is 0.259. The lowest BCUT2D eigenvalue weighted by molar-refractivity contribution is -0.125. The van der Waals surface area contributed by atoms with Crippen molar-refractivity contribution in [3.8, 4) is 11.5 Å². The summed E-state index contributed by atoms with van der Waals surface area (Å²) in [5.41, 5.74) is 9.26. The largest absolute Gasteiger partial charge is 0.493 e. The van der Waals surface area contributed by atoms with Crippen LogP contribution in [0.5, 0.6) is 11.5 Å². The van der Waals surface area contributed by atoms with Crippen LogP contribution in [0.3, 0.4) is 0 Å². The van der Waals surface area contributed by atoms with Gasteiger partial charge in [-0.1, -0.05) is 53.2 Å². The minimum absolute atomic E-state index is 0.0608. The van der Waals surface area contributed by atoms with E-state index in [1.165, 1.54) is 5.56 Å². The van der Waals surface area contributed by atoms with E-state index in [4.69, 9.17) is 9.47 Å².